The fourth-order valence-corrected chi connectivity index (χ4v) is 3.25. The molecule has 1 heterocycles. The molecule has 1 aliphatic heterocycles. The van der Waals surface area contributed by atoms with Crippen molar-refractivity contribution in [2.24, 2.45) is 0 Å². The van der Waals surface area contributed by atoms with Crippen LogP contribution < -0.4 is 5.32 Å². The Morgan fingerprint density at radius 1 is 1.24 bits per heavy atom. The second kappa shape index (κ2) is 4.86. The SMILES string of the molecule is CC1NC(=O)C(C)(C)N(Cc2ccc3c(c2)CCC3)C1=O. The van der Waals surface area contributed by atoms with Crippen molar-refractivity contribution in [3.05, 3.63) is 34.9 Å². The number of nitrogens with zero attached hydrogens (tertiary/aromatic N) is 1. The van der Waals surface area contributed by atoms with Crippen molar-refractivity contribution in [3.8, 4) is 0 Å². The smallest absolute Gasteiger partial charge is 0.246 e. The maximum atomic E-state index is 12.4. The van der Waals surface area contributed by atoms with Gasteiger partial charge in [0.15, 0.2) is 0 Å². The molecule has 0 bridgehead atoms. The van der Waals surface area contributed by atoms with Gasteiger partial charge in [-0.2, -0.15) is 0 Å². The molecule has 2 aliphatic rings. The molecule has 21 heavy (non-hydrogen) atoms. The number of benzene rings is 1. The molecule has 1 aromatic rings. The maximum absolute atomic E-state index is 12.4. The molecule has 0 aromatic heterocycles. The van der Waals surface area contributed by atoms with Gasteiger partial charge in [0.2, 0.25) is 11.8 Å². The Bertz CT molecular complexity index is 607. The predicted octanol–water partition coefficient (Wildman–Crippen LogP) is 1.80. The summed E-state index contributed by atoms with van der Waals surface area (Å²) >= 11 is 0. The number of nitrogens with one attached hydrogen (secondary N) is 1. The van der Waals surface area contributed by atoms with Gasteiger partial charge >= 0.3 is 0 Å². The number of rotatable bonds is 2. The van der Waals surface area contributed by atoms with E-state index in [1.165, 1.54) is 17.5 Å². The van der Waals surface area contributed by atoms with Crippen LogP contribution in [-0.4, -0.2) is 28.3 Å². The summed E-state index contributed by atoms with van der Waals surface area (Å²) in [6.07, 6.45) is 3.49. The highest BCUT2D eigenvalue weighted by molar-refractivity contribution is 5.99. The minimum atomic E-state index is -0.803. The molecule has 4 heteroatoms. The normalized spacial score (nSPS) is 24.0. The van der Waals surface area contributed by atoms with Crippen LogP contribution >= 0.6 is 0 Å². The van der Waals surface area contributed by atoms with Gasteiger partial charge in [-0.05, 0) is 56.7 Å². The van der Waals surface area contributed by atoms with E-state index in [9.17, 15) is 9.59 Å². The Kier molecular flexibility index (Phi) is 3.27. The molecule has 1 atom stereocenters. The number of hydrogen-bond donors (Lipinski definition) is 1. The molecule has 0 radical (unpaired) electrons. The molecule has 1 unspecified atom stereocenters. The molecule has 1 aromatic carbocycles. The van der Waals surface area contributed by atoms with Crippen LogP contribution in [0, 0.1) is 0 Å². The van der Waals surface area contributed by atoms with E-state index >= 15 is 0 Å². The number of hydrogen-bond acceptors (Lipinski definition) is 2. The Balaban J connectivity index is 1.88. The van der Waals surface area contributed by atoms with Gasteiger partial charge in [-0.25, -0.2) is 0 Å². The molecule has 0 saturated carbocycles. The topological polar surface area (TPSA) is 49.4 Å². The van der Waals surface area contributed by atoms with Gasteiger partial charge < -0.3 is 10.2 Å². The average molecular weight is 286 g/mol. The number of carbonyl (C=O) groups is 2. The Labute approximate surface area is 125 Å². The zero-order valence-corrected chi connectivity index (χ0v) is 12.9. The number of carbonyl (C=O) groups excluding carboxylic acids is 2. The minimum absolute atomic E-state index is 0.0138. The lowest BCUT2D eigenvalue weighted by Crippen LogP contribution is -2.67. The van der Waals surface area contributed by atoms with Crippen LogP contribution in [0.25, 0.3) is 0 Å². The Morgan fingerprint density at radius 3 is 2.71 bits per heavy atom. The van der Waals surface area contributed by atoms with Crippen molar-refractivity contribution in [2.45, 2.75) is 58.2 Å². The molecule has 1 fully saturated rings. The molecule has 4 nitrogen and oxygen atoms in total. The third-order valence-electron chi connectivity index (χ3n) is 4.72. The van der Waals surface area contributed by atoms with Crippen molar-refractivity contribution in [1.29, 1.82) is 0 Å². The van der Waals surface area contributed by atoms with Crippen LogP contribution in [0.15, 0.2) is 18.2 Å². The largest absolute Gasteiger partial charge is 0.343 e. The van der Waals surface area contributed by atoms with Gasteiger partial charge in [0.25, 0.3) is 0 Å². The molecule has 1 N–H and O–H groups in total. The van der Waals surface area contributed by atoms with Crippen molar-refractivity contribution in [1.82, 2.24) is 10.2 Å². The highest BCUT2D eigenvalue weighted by Gasteiger charge is 2.44. The standard InChI is InChI=1S/C17H22N2O2/c1-11-15(20)19(17(2,3)16(21)18-11)10-12-7-8-13-5-4-6-14(13)9-12/h7-9,11H,4-6,10H2,1-3H3,(H,18,21). The molecular formula is C17H22N2O2. The lowest BCUT2D eigenvalue weighted by molar-refractivity contribution is -0.155. The van der Waals surface area contributed by atoms with Gasteiger partial charge in [-0.3, -0.25) is 9.59 Å². The van der Waals surface area contributed by atoms with Crippen LogP contribution in [0.4, 0.5) is 0 Å². The minimum Gasteiger partial charge on any atom is -0.343 e. The van der Waals surface area contributed by atoms with Crippen LogP contribution in [0.3, 0.4) is 0 Å². The maximum Gasteiger partial charge on any atom is 0.246 e. The van der Waals surface area contributed by atoms with Crippen LogP contribution in [0.2, 0.25) is 0 Å². The second-order valence-electron chi connectivity index (χ2n) is 6.64. The van der Waals surface area contributed by atoms with Gasteiger partial charge in [-0.15, -0.1) is 0 Å². The first kappa shape index (κ1) is 14.1. The molecular weight excluding hydrogens is 264 g/mol. The van der Waals surface area contributed by atoms with Gasteiger partial charge in [0, 0.05) is 6.54 Å². The van der Waals surface area contributed by atoms with E-state index in [0.29, 0.717) is 6.54 Å². The van der Waals surface area contributed by atoms with Crippen LogP contribution in [0.5, 0.6) is 0 Å². The number of amides is 2. The molecule has 1 saturated heterocycles. The van der Waals surface area contributed by atoms with E-state index in [1.54, 1.807) is 25.7 Å². The van der Waals surface area contributed by atoms with Crippen molar-refractivity contribution in [3.63, 3.8) is 0 Å². The summed E-state index contributed by atoms with van der Waals surface area (Å²) in [5.74, 6) is -0.101. The van der Waals surface area contributed by atoms with Gasteiger partial charge in [0.05, 0.1) is 0 Å². The van der Waals surface area contributed by atoms with Gasteiger partial charge in [-0.1, -0.05) is 18.2 Å². The lowest BCUT2D eigenvalue weighted by atomic mass is 9.94. The van der Waals surface area contributed by atoms with E-state index in [0.717, 1.165) is 18.4 Å². The van der Waals surface area contributed by atoms with Crippen molar-refractivity contribution < 1.29 is 9.59 Å². The zero-order valence-electron chi connectivity index (χ0n) is 12.9. The molecule has 1 aliphatic carbocycles. The van der Waals surface area contributed by atoms with Crippen LogP contribution in [-0.2, 0) is 29.0 Å². The first-order valence-corrected chi connectivity index (χ1v) is 7.63. The number of piperazine rings is 1. The third kappa shape index (κ3) is 2.33. The second-order valence-corrected chi connectivity index (χ2v) is 6.64. The molecule has 112 valence electrons. The van der Waals surface area contributed by atoms with Crippen molar-refractivity contribution in [2.75, 3.05) is 0 Å². The summed E-state index contributed by atoms with van der Waals surface area (Å²) in [6, 6.07) is 6.01. The fraction of sp³-hybridized carbons (Fsp3) is 0.529. The van der Waals surface area contributed by atoms with E-state index in [1.807, 2.05) is 0 Å². The quantitative estimate of drug-likeness (QED) is 0.901. The van der Waals surface area contributed by atoms with Gasteiger partial charge in [0.1, 0.15) is 11.6 Å². The molecule has 3 rings (SSSR count). The van der Waals surface area contributed by atoms with E-state index in [4.69, 9.17) is 0 Å². The summed E-state index contributed by atoms with van der Waals surface area (Å²) in [4.78, 5) is 26.3. The number of aryl methyl sites for hydroxylation is 2. The predicted molar refractivity (Wildman–Crippen MR) is 80.7 cm³/mol. The lowest BCUT2D eigenvalue weighted by Gasteiger charge is -2.43. The summed E-state index contributed by atoms with van der Waals surface area (Å²) in [7, 11) is 0. The number of fused-ring (bicyclic) bond motifs is 1. The highest BCUT2D eigenvalue weighted by atomic mass is 16.2. The first-order chi connectivity index (χ1) is 9.89. The summed E-state index contributed by atoms with van der Waals surface area (Å²) < 4.78 is 0. The summed E-state index contributed by atoms with van der Waals surface area (Å²) in [5.41, 5.74) is 3.13. The highest BCUT2D eigenvalue weighted by Crippen LogP contribution is 2.27. The van der Waals surface area contributed by atoms with Crippen LogP contribution in [0.1, 0.15) is 43.9 Å². The first-order valence-electron chi connectivity index (χ1n) is 7.63. The monoisotopic (exact) mass is 286 g/mol. The Morgan fingerprint density at radius 2 is 1.95 bits per heavy atom. The fourth-order valence-electron chi connectivity index (χ4n) is 3.25. The molecule has 0 spiro atoms. The Hall–Kier alpha value is -1.84. The molecule has 2 amide bonds. The van der Waals surface area contributed by atoms with E-state index < -0.39 is 11.6 Å². The zero-order chi connectivity index (χ0) is 15.2. The van der Waals surface area contributed by atoms with E-state index in [2.05, 4.69) is 23.5 Å². The third-order valence-corrected chi connectivity index (χ3v) is 4.72. The summed E-state index contributed by atoms with van der Waals surface area (Å²) in [6.45, 7) is 5.85. The summed E-state index contributed by atoms with van der Waals surface area (Å²) in [5, 5.41) is 2.75. The van der Waals surface area contributed by atoms with Crippen molar-refractivity contribution >= 4 is 11.8 Å². The average Bonchev–Trinajstić information content (AvgIpc) is 2.89. The van der Waals surface area contributed by atoms with E-state index in [-0.39, 0.29) is 11.8 Å².